The van der Waals surface area contributed by atoms with E-state index in [-0.39, 0.29) is 5.91 Å². The molecule has 0 radical (unpaired) electrons. The Kier molecular flexibility index (Phi) is 5.34. The van der Waals surface area contributed by atoms with Crippen molar-refractivity contribution >= 4 is 22.2 Å². The zero-order valence-corrected chi connectivity index (χ0v) is 14.7. The van der Waals surface area contributed by atoms with Gasteiger partial charge in [0.1, 0.15) is 11.1 Å². The molecule has 1 aromatic rings. The quantitative estimate of drug-likeness (QED) is 0.915. The molecule has 1 N–H and O–H groups in total. The molecule has 2 aliphatic rings. The Morgan fingerprint density at radius 1 is 1.35 bits per heavy atom. The van der Waals surface area contributed by atoms with Gasteiger partial charge in [0.15, 0.2) is 0 Å². The van der Waals surface area contributed by atoms with Crippen LogP contribution >= 0.6 is 11.3 Å². The van der Waals surface area contributed by atoms with Crippen molar-refractivity contribution in [3.05, 3.63) is 16.0 Å². The number of thiophene rings is 1. The highest BCUT2D eigenvalue weighted by molar-refractivity contribution is 7.16. The standard InChI is InChI=1S/C18H25N3OS/c1-13-6-4-5-10-21(13)11-9-17(22)20-18-15(12-19)14-7-2-3-8-16(14)23-18/h13H,2-11H2,1H3,(H,20,22). The molecule has 1 saturated heterocycles. The molecule has 1 aliphatic carbocycles. The second-order valence-electron chi connectivity index (χ2n) is 6.71. The molecule has 0 saturated carbocycles. The smallest absolute Gasteiger partial charge is 0.226 e. The number of hydrogen-bond acceptors (Lipinski definition) is 4. The van der Waals surface area contributed by atoms with E-state index in [1.54, 1.807) is 11.3 Å². The predicted octanol–water partition coefficient (Wildman–Crippen LogP) is 3.70. The SMILES string of the molecule is CC1CCCCN1CCC(=O)Nc1sc2c(c1C#N)CCCC2. The van der Waals surface area contributed by atoms with Crippen molar-refractivity contribution in [2.45, 2.75) is 64.3 Å². The van der Waals surface area contributed by atoms with Crippen molar-refractivity contribution in [1.82, 2.24) is 4.90 Å². The summed E-state index contributed by atoms with van der Waals surface area (Å²) in [5, 5.41) is 13.2. The highest BCUT2D eigenvalue weighted by Gasteiger charge is 2.23. The number of nitrogens with zero attached hydrogens (tertiary/aromatic N) is 2. The van der Waals surface area contributed by atoms with Crippen LogP contribution in [0.2, 0.25) is 0 Å². The number of likely N-dealkylation sites (tertiary alicyclic amines) is 1. The fraction of sp³-hybridized carbons (Fsp3) is 0.667. The molecule has 23 heavy (non-hydrogen) atoms. The number of carbonyl (C=O) groups excluding carboxylic acids is 1. The zero-order valence-electron chi connectivity index (χ0n) is 13.9. The van der Waals surface area contributed by atoms with E-state index in [9.17, 15) is 10.1 Å². The lowest BCUT2D eigenvalue weighted by molar-refractivity contribution is -0.116. The summed E-state index contributed by atoms with van der Waals surface area (Å²) >= 11 is 1.61. The molecule has 0 bridgehead atoms. The lowest BCUT2D eigenvalue weighted by Gasteiger charge is -2.33. The summed E-state index contributed by atoms with van der Waals surface area (Å²) in [5.74, 6) is 0.0397. The molecule has 1 amide bonds. The van der Waals surface area contributed by atoms with Crippen LogP contribution in [0.3, 0.4) is 0 Å². The molecule has 0 spiro atoms. The van der Waals surface area contributed by atoms with Crippen LogP contribution in [0.4, 0.5) is 5.00 Å². The molecule has 1 fully saturated rings. The Morgan fingerprint density at radius 3 is 2.96 bits per heavy atom. The van der Waals surface area contributed by atoms with E-state index in [0.717, 1.165) is 37.4 Å². The Morgan fingerprint density at radius 2 is 2.17 bits per heavy atom. The first-order valence-electron chi connectivity index (χ1n) is 8.77. The third kappa shape index (κ3) is 3.76. The number of amides is 1. The average Bonchev–Trinajstić information content (AvgIpc) is 2.91. The minimum Gasteiger partial charge on any atom is -0.317 e. The van der Waals surface area contributed by atoms with Gasteiger partial charge in [0.25, 0.3) is 0 Å². The summed E-state index contributed by atoms with van der Waals surface area (Å²) in [6.07, 6.45) is 8.66. The second kappa shape index (κ2) is 7.46. The van der Waals surface area contributed by atoms with Gasteiger partial charge in [-0.2, -0.15) is 5.26 Å². The van der Waals surface area contributed by atoms with Crippen LogP contribution in [-0.4, -0.2) is 29.9 Å². The number of anilines is 1. The van der Waals surface area contributed by atoms with Crippen LogP contribution in [0.15, 0.2) is 0 Å². The van der Waals surface area contributed by atoms with Gasteiger partial charge < -0.3 is 10.2 Å². The zero-order chi connectivity index (χ0) is 16.2. The van der Waals surface area contributed by atoms with E-state index < -0.39 is 0 Å². The van der Waals surface area contributed by atoms with Gasteiger partial charge in [0.05, 0.1) is 5.56 Å². The van der Waals surface area contributed by atoms with Gasteiger partial charge in [-0.05, 0) is 57.6 Å². The summed E-state index contributed by atoms with van der Waals surface area (Å²) in [7, 11) is 0. The monoisotopic (exact) mass is 331 g/mol. The lowest BCUT2D eigenvalue weighted by Crippen LogP contribution is -2.39. The third-order valence-corrected chi connectivity index (χ3v) is 6.31. The van der Waals surface area contributed by atoms with Gasteiger partial charge in [0.2, 0.25) is 5.91 Å². The number of rotatable bonds is 4. The highest BCUT2D eigenvalue weighted by Crippen LogP contribution is 2.37. The molecule has 4 nitrogen and oxygen atoms in total. The largest absolute Gasteiger partial charge is 0.317 e. The molecule has 0 aromatic carbocycles. The summed E-state index contributed by atoms with van der Waals surface area (Å²) in [4.78, 5) is 16.0. The maximum Gasteiger partial charge on any atom is 0.226 e. The summed E-state index contributed by atoms with van der Waals surface area (Å²) in [5.41, 5.74) is 1.90. The number of hydrogen-bond donors (Lipinski definition) is 1. The number of nitriles is 1. The number of carbonyl (C=O) groups is 1. The summed E-state index contributed by atoms with van der Waals surface area (Å²) in [6, 6.07) is 2.89. The first-order valence-corrected chi connectivity index (χ1v) is 9.59. The van der Waals surface area contributed by atoms with Gasteiger partial charge in [0, 0.05) is 23.9 Å². The van der Waals surface area contributed by atoms with Gasteiger partial charge in [-0.1, -0.05) is 6.42 Å². The van der Waals surface area contributed by atoms with Crippen LogP contribution in [0.5, 0.6) is 0 Å². The number of piperidine rings is 1. The van der Waals surface area contributed by atoms with E-state index in [1.807, 2.05) is 0 Å². The number of fused-ring (bicyclic) bond motifs is 1. The molecular formula is C18H25N3OS. The van der Waals surface area contributed by atoms with Gasteiger partial charge in [-0.15, -0.1) is 11.3 Å². The Balaban J connectivity index is 1.60. The lowest BCUT2D eigenvalue weighted by atomic mass is 9.96. The highest BCUT2D eigenvalue weighted by atomic mass is 32.1. The molecule has 1 unspecified atom stereocenters. The van der Waals surface area contributed by atoms with Crippen LogP contribution in [0.1, 0.15) is 61.5 Å². The van der Waals surface area contributed by atoms with E-state index >= 15 is 0 Å². The van der Waals surface area contributed by atoms with Crippen molar-refractivity contribution in [3.8, 4) is 6.07 Å². The number of nitrogens with one attached hydrogen (secondary N) is 1. The minimum absolute atomic E-state index is 0.0397. The molecule has 3 rings (SSSR count). The predicted molar refractivity (Wildman–Crippen MR) is 93.8 cm³/mol. The first kappa shape index (κ1) is 16.5. The minimum atomic E-state index is 0.0397. The van der Waals surface area contributed by atoms with E-state index in [2.05, 4.69) is 23.2 Å². The van der Waals surface area contributed by atoms with Gasteiger partial charge >= 0.3 is 0 Å². The third-order valence-electron chi connectivity index (χ3n) is 5.10. The van der Waals surface area contributed by atoms with Crippen molar-refractivity contribution < 1.29 is 4.79 Å². The van der Waals surface area contributed by atoms with Crippen molar-refractivity contribution in [2.24, 2.45) is 0 Å². The number of aryl methyl sites for hydroxylation is 1. The fourth-order valence-electron chi connectivity index (χ4n) is 3.70. The van der Waals surface area contributed by atoms with Crippen molar-refractivity contribution in [3.63, 3.8) is 0 Å². The molecule has 1 aliphatic heterocycles. The van der Waals surface area contributed by atoms with Crippen LogP contribution in [0.25, 0.3) is 0 Å². The van der Waals surface area contributed by atoms with Gasteiger partial charge in [-0.25, -0.2) is 0 Å². The molecular weight excluding hydrogens is 306 g/mol. The van der Waals surface area contributed by atoms with E-state index in [4.69, 9.17) is 0 Å². The van der Waals surface area contributed by atoms with Gasteiger partial charge in [-0.3, -0.25) is 4.79 Å². The average molecular weight is 331 g/mol. The molecule has 1 atom stereocenters. The maximum absolute atomic E-state index is 12.3. The topological polar surface area (TPSA) is 56.1 Å². The van der Waals surface area contributed by atoms with Crippen molar-refractivity contribution in [2.75, 3.05) is 18.4 Å². The van der Waals surface area contributed by atoms with E-state index in [1.165, 1.54) is 36.1 Å². The van der Waals surface area contributed by atoms with E-state index in [0.29, 0.717) is 18.0 Å². The van der Waals surface area contributed by atoms with Crippen LogP contribution < -0.4 is 5.32 Å². The molecule has 1 aromatic heterocycles. The normalized spacial score (nSPS) is 21.5. The van der Waals surface area contributed by atoms with Crippen LogP contribution in [-0.2, 0) is 17.6 Å². The van der Waals surface area contributed by atoms with Crippen molar-refractivity contribution in [1.29, 1.82) is 5.26 Å². The first-order chi connectivity index (χ1) is 11.2. The molecule has 2 heterocycles. The molecule has 124 valence electrons. The van der Waals surface area contributed by atoms with Crippen LogP contribution in [0, 0.1) is 11.3 Å². The maximum atomic E-state index is 12.3. The molecule has 5 heteroatoms. The summed E-state index contributed by atoms with van der Waals surface area (Å²) < 4.78 is 0. The Bertz CT molecular complexity index is 617. The summed E-state index contributed by atoms with van der Waals surface area (Å²) in [6.45, 7) is 4.17. The Labute approximate surface area is 142 Å². The fourth-order valence-corrected chi connectivity index (χ4v) is 4.95. The Hall–Kier alpha value is -1.38. The second-order valence-corrected chi connectivity index (χ2v) is 7.81.